The summed E-state index contributed by atoms with van der Waals surface area (Å²) in [5.41, 5.74) is -0.512. The highest BCUT2D eigenvalue weighted by Gasteiger charge is 2.39. The molecule has 0 radical (unpaired) electrons. The first kappa shape index (κ1) is 25.2. The van der Waals surface area contributed by atoms with Gasteiger partial charge in [-0.1, -0.05) is 6.07 Å². The van der Waals surface area contributed by atoms with E-state index >= 15 is 0 Å². The summed E-state index contributed by atoms with van der Waals surface area (Å²) in [7, 11) is -9.09. The molecule has 0 fully saturated rings. The molecule has 0 atom stereocenters. The molecule has 0 unspecified atom stereocenters. The molecule has 11 heteroatoms. The molecule has 0 heterocycles. The predicted octanol–water partition coefficient (Wildman–Crippen LogP) is 3.96. The molecule has 0 saturated carbocycles. The molecule has 0 bridgehead atoms. The fourth-order valence-electron chi connectivity index (χ4n) is 3.49. The van der Waals surface area contributed by atoms with E-state index in [-0.39, 0.29) is 16.8 Å². The van der Waals surface area contributed by atoms with Gasteiger partial charge in [-0.25, -0.2) is 22.0 Å². The smallest absolute Gasteiger partial charge is 0.371 e. The zero-order chi connectivity index (χ0) is 23.9. The van der Waals surface area contributed by atoms with Crippen molar-refractivity contribution in [3.63, 3.8) is 0 Å². The van der Waals surface area contributed by atoms with Crippen LogP contribution in [0.4, 0.5) is 18.9 Å². The van der Waals surface area contributed by atoms with Crippen molar-refractivity contribution in [3.8, 4) is 0 Å². The Morgan fingerprint density at radius 2 is 1.42 bits per heavy atom. The second-order valence-corrected chi connectivity index (χ2v) is 10.6. The van der Waals surface area contributed by atoms with E-state index in [2.05, 4.69) is 0 Å². The number of nitrogens with two attached hydrogens (primary N) is 1. The molecular weight excluding hydrogens is 453 g/mol. The van der Waals surface area contributed by atoms with Crippen LogP contribution in [0.3, 0.4) is 0 Å². The molecule has 2 N–H and O–H groups in total. The molecular formula is C20H25F3N2O4S2. The number of benzene rings is 2. The Balaban J connectivity index is 3.00. The van der Waals surface area contributed by atoms with Gasteiger partial charge in [-0.3, -0.25) is 0 Å². The number of rotatable bonds is 6. The first-order valence-electron chi connectivity index (χ1n) is 9.42. The zero-order valence-electron chi connectivity index (χ0n) is 17.8. The van der Waals surface area contributed by atoms with Crippen LogP contribution in [0, 0.1) is 20.8 Å². The molecule has 0 aliphatic heterocycles. The summed E-state index contributed by atoms with van der Waals surface area (Å²) in [6, 6.07) is 4.08. The van der Waals surface area contributed by atoms with E-state index in [1.807, 2.05) is 0 Å². The van der Waals surface area contributed by atoms with Gasteiger partial charge >= 0.3 is 6.18 Å². The quantitative estimate of drug-likeness (QED) is 0.678. The number of hydrogen-bond acceptors (Lipinski definition) is 5. The molecule has 6 nitrogen and oxygen atoms in total. The van der Waals surface area contributed by atoms with E-state index < -0.39 is 46.3 Å². The third kappa shape index (κ3) is 4.73. The molecule has 172 valence electrons. The van der Waals surface area contributed by atoms with Crippen LogP contribution in [0.15, 0.2) is 39.0 Å². The number of hydrogen-bond donors (Lipinski definition) is 1. The Bertz CT molecular complexity index is 1220. The van der Waals surface area contributed by atoms with Gasteiger partial charge in [0, 0.05) is 13.1 Å². The summed E-state index contributed by atoms with van der Waals surface area (Å²) in [5.74, 6) is 0. The maximum Gasteiger partial charge on any atom is 0.418 e. The van der Waals surface area contributed by atoms with Gasteiger partial charge < -0.3 is 4.90 Å². The summed E-state index contributed by atoms with van der Waals surface area (Å²) < 4.78 is 92.7. The number of alkyl halides is 3. The molecule has 2 rings (SSSR count). The van der Waals surface area contributed by atoms with Crippen LogP contribution in [0.1, 0.15) is 36.1 Å². The Hall–Kier alpha value is -2.11. The fraction of sp³-hybridized carbons (Fsp3) is 0.400. The lowest BCUT2D eigenvalue weighted by Gasteiger charge is -2.29. The summed E-state index contributed by atoms with van der Waals surface area (Å²) in [6.07, 6.45) is -4.82. The van der Waals surface area contributed by atoms with Crippen LogP contribution >= 0.6 is 0 Å². The van der Waals surface area contributed by atoms with Crippen LogP contribution in [-0.4, -0.2) is 29.9 Å². The Morgan fingerprint density at radius 3 is 1.87 bits per heavy atom. The number of sulfonamides is 1. The largest absolute Gasteiger partial charge is 0.418 e. The third-order valence-corrected chi connectivity index (χ3v) is 8.21. The minimum Gasteiger partial charge on any atom is -0.371 e. The zero-order valence-corrected chi connectivity index (χ0v) is 19.5. The maximum absolute atomic E-state index is 14.0. The lowest BCUT2D eigenvalue weighted by atomic mass is 10.0. The SMILES string of the molecule is CCN(CC)c1c(C(F)(F)F)cc(S(=O)(=O)c2cc(C)ccc2S(N)(=O)=O)c(C)c1C. The van der Waals surface area contributed by atoms with E-state index in [1.165, 1.54) is 31.7 Å². The first-order chi connectivity index (χ1) is 14.1. The first-order valence-corrected chi connectivity index (χ1v) is 12.4. The lowest BCUT2D eigenvalue weighted by molar-refractivity contribution is -0.137. The summed E-state index contributed by atoms with van der Waals surface area (Å²) in [5, 5.41) is 5.17. The normalized spacial score (nSPS) is 12.8. The van der Waals surface area contributed by atoms with Crippen LogP contribution in [0.5, 0.6) is 0 Å². The molecule has 31 heavy (non-hydrogen) atoms. The van der Waals surface area contributed by atoms with Gasteiger partial charge in [0.2, 0.25) is 19.9 Å². The van der Waals surface area contributed by atoms with Gasteiger partial charge in [-0.05, 0) is 69.5 Å². The number of nitrogens with zero attached hydrogens (tertiary/aromatic N) is 1. The van der Waals surface area contributed by atoms with Gasteiger partial charge in [-0.2, -0.15) is 13.2 Å². The van der Waals surface area contributed by atoms with E-state index in [9.17, 15) is 30.0 Å². The Labute approximate surface area is 180 Å². The number of sulfone groups is 1. The monoisotopic (exact) mass is 478 g/mol. The van der Waals surface area contributed by atoms with Crippen molar-refractivity contribution < 1.29 is 30.0 Å². The minimum atomic E-state index is -4.82. The standard InChI is InChI=1S/C20H25F3N2O4S2/c1-6-25(7-2)19-14(5)13(4)17(11-15(19)20(21,22)23)30(26,27)18-10-12(3)8-9-16(18)31(24,28)29/h8-11H,6-7H2,1-5H3,(H2,24,28,29). The third-order valence-electron chi connectivity index (χ3n) is 5.19. The summed E-state index contributed by atoms with van der Waals surface area (Å²) >= 11 is 0. The van der Waals surface area contributed by atoms with Crippen molar-refractivity contribution in [1.29, 1.82) is 0 Å². The molecule has 0 amide bonds. The maximum atomic E-state index is 14.0. The topological polar surface area (TPSA) is 97.5 Å². The van der Waals surface area contributed by atoms with Gasteiger partial charge in [0.25, 0.3) is 0 Å². The van der Waals surface area contributed by atoms with E-state index in [4.69, 9.17) is 5.14 Å². The van der Waals surface area contributed by atoms with Crippen molar-refractivity contribution in [2.24, 2.45) is 5.14 Å². The van der Waals surface area contributed by atoms with E-state index in [0.29, 0.717) is 24.7 Å². The number of primary sulfonamides is 1. The molecule has 0 aromatic heterocycles. The number of anilines is 1. The molecule has 0 aliphatic carbocycles. The second-order valence-electron chi connectivity index (χ2n) is 7.19. The Morgan fingerprint density at radius 1 is 0.871 bits per heavy atom. The minimum absolute atomic E-state index is 0.0927. The van der Waals surface area contributed by atoms with Gasteiger partial charge in [-0.15, -0.1) is 0 Å². The van der Waals surface area contributed by atoms with Crippen molar-refractivity contribution in [2.45, 2.75) is 55.5 Å². The lowest BCUT2D eigenvalue weighted by Crippen LogP contribution is -2.27. The molecule has 2 aromatic rings. The molecule has 2 aromatic carbocycles. The van der Waals surface area contributed by atoms with E-state index in [0.717, 1.165) is 12.1 Å². The van der Waals surface area contributed by atoms with Crippen LogP contribution in [0.25, 0.3) is 0 Å². The fourth-order valence-corrected chi connectivity index (χ4v) is 6.51. The average Bonchev–Trinajstić information content (AvgIpc) is 2.63. The second kappa shape index (κ2) is 8.44. The van der Waals surface area contributed by atoms with E-state index in [1.54, 1.807) is 13.8 Å². The average molecular weight is 479 g/mol. The molecule has 0 spiro atoms. The number of aryl methyl sites for hydroxylation is 1. The van der Waals surface area contributed by atoms with Gasteiger partial charge in [0.05, 0.1) is 21.0 Å². The number of halogens is 3. The summed E-state index contributed by atoms with van der Waals surface area (Å²) in [6.45, 7) is 8.35. The van der Waals surface area contributed by atoms with Crippen molar-refractivity contribution in [3.05, 3.63) is 46.5 Å². The van der Waals surface area contributed by atoms with Crippen molar-refractivity contribution in [1.82, 2.24) is 0 Å². The van der Waals surface area contributed by atoms with Gasteiger partial charge in [0.15, 0.2) is 0 Å². The van der Waals surface area contributed by atoms with Crippen molar-refractivity contribution in [2.75, 3.05) is 18.0 Å². The highest BCUT2D eigenvalue weighted by Crippen LogP contribution is 2.43. The molecule has 0 saturated heterocycles. The summed E-state index contributed by atoms with van der Waals surface area (Å²) in [4.78, 5) is -0.425. The van der Waals surface area contributed by atoms with Crippen LogP contribution in [-0.2, 0) is 26.0 Å². The van der Waals surface area contributed by atoms with Crippen LogP contribution in [0.2, 0.25) is 0 Å². The van der Waals surface area contributed by atoms with Gasteiger partial charge in [0.1, 0.15) is 4.90 Å². The van der Waals surface area contributed by atoms with Crippen LogP contribution < -0.4 is 10.0 Å². The Kier molecular flexibility index (Phi) is 6.85. The highest BCUT2D eigenvalue weighted by atomic mass is 32.2. The predicted molar refractivity (Wildman–Crippen MR) is 112 cm³/mol. The highest BCUT2D eigenvalue weighted by molar-refractivity contribution is 7.93. The van der Waals surface area contributed by atoms with Crippen molar-refractivity contribution >= 4 is 25.5 Å². The molecule has 0 aliphatic rings.